The van der Waals surface area contributed by atoms with Gasteiger partial charge in [-0.3, -0.25) is 9.59 Å². The zero-order valence-corrected chi connectivity index (χ0v) is 16.0. The van der Waals surface area contributed by atoms with Crippen molar-refractivity contribution in [3.63, 3.8) is 0 Å². The number of benzene rings is 1. The molecule has 0 bridgehead atoms. The van der Waals surface area contributed by atoms with Crippen molar-refractivity contribution >= 4 is 11.9 Å². The average Bonchev–Trinajstić information content (AvgIpc) is 2.41. The lowest BCUT2D eigenvalue weighted by atomic mass is 9.77. The van der Waals surface area contributed by atoms with Crippen LogP contribution in [0.2, 0.25) is 0 Å². The molecule has 0 aliphatic carbocycles. The fraction of sp³-hybridized carbons (Fsp3) is 0.600. The molecule has 1 aromatic rings. The maximum Gasteiger partial charge on any atom is 0.306 e. The highest BCUT2D eigenvalue weighted by atomic mass is 16.4. The van der Waals surface area contributed by atoms with E-state index in [2.05, 4.69) is 0 Å². The number of rotatable bonds is 6. The van der Waals surface area contributed by atoms with E-state index >= 15 is 0 Å². The number of aromatic hydroxyl groups is 1. The summed E-state index contributed by atoms with van der Waals surface area (Å²) in [6.07, 6.45) is 0.156. The monoisotopic (exact) mass is 350 g/mol. The van der Waals surface area contributed by atoms with Gasteiger partial charge in [-0.1, -0.05) is 53.7 Å². The predicted molar refractivity (Wildman–Crippen MR) is 97.2 cm³/mol. The molecule has 5 heteroatoms. The molecule has 1 aromatic carbocycles. The van der Waals surface area contributed by atoms with Crippen molar-refractivity contribution in [1.82, 2.24) is 0 Å². The summed E-state index contributed by atoms with van der Waals surface area (Å²) in [6.45, 7) is 12.0. The van der Waals surface area contributed by atoms with Gasteiger partial charge in [0.1, 0.15) is 5.75 Å². The zero-order valence-electron chi connectivity index (χ0n) is 16.0. The van der Waals surface area contributed by atoms with Crippen molar-refractivity contribution in [2.24, 2.45) is 5.92 Å². The molecule has 0 aliphatic rings. The van der Waals surface area contributed by atoms with Gasteiger partial charge >= 0.3 is 11.9 Å². The first-order chi connectivity index (χ1) is 11.2. The molecular formula is C20H30O5. The summed E-state index contributed by atoms with van der Waals surface area (Å²) < 4.78 is 0. The van der Waals surface area contributed by atoms with E-state index in [-0.39, 0.29) is 35.8 Å². The van der Waals surface area contributed by atoms with E-state index in [1.54, 1.807) is 0 Å². The van der Waals surface area contributed by atoms with E-state index in [1.807, 2.05) is 53.7 Å². The Labute approximate surface area is 149 Å². The van der Waals surface area contributed by atoms with Crippen LogP contribution in [-0.2, 0) is 26.8 Å². The Bertz CT molecular complexity index is 612. The highest BCUT2D eigenvalue weighted by Gasteiger charge is 2.28. The highest BCUT2D eigenvalue weighted by molar-refractivity contribution is 5.72. The molecule has 0 saturated carbocycles. The van der Waals surface area contributed by atoms with Crippen molar-refractivity contribution in [1.29, 1.82) is 0 Å². The molecule has 140 valence electrons. The minimum absolute atomic E-state index is 0.0846. The Kier molecular flexibility index (Phi) is 6.27. The van der Waals surface area contributed by atoms with Crippen LogP contribution in [-0.4, -0.2) is 27.3 Å². The number of aliphatic carboxylic acids is 2. The molecule has 0 aromatic heterocycles. The van der Waals surface area contributed by atoms with Crippen molar-refractivity contribution in [2.45, 2.75) is 71.6 Å². The standard InChI is InChI=1S/C20H30O5/c1-19(2,3)14-10-12(11-15(17(14)23)20(4,5)6)9-13(18(24)25)7-8-16(21)22/h10-11,13,23H,7-9H2,1-6H3,(H,21,22)(H,24,25). The molecule has 0 radical (unpaired) electrons. The van der Waals surface area contributed by atoms with Crippen molar-refractivity contribution in [3.05, 3.63) is 28.8 Å². The minimum atomic E-state index is -0.997. The topological polar surface area (TPSA) is 94.8 Å². The summed E-state index contributed by atoms with van der Waals surface area (Å²) >= 11 is 0. The van der Waals surface area contributed by atoms with Gasteiger partial charge in [-0.25, -0.2) is 0 Å². The van der Waals surface area contributed by atoms with Gasteiger partial charge in [0.25, 0.3) is 0 Å². The molecule has 0 spiro atoms. The van der Waals surface area contributed by atoms with Gasteiger partial charge in [0.15, 0.2) is 0 Å². The molecule has 1 atom stereocenters. The average molecular weight is 350 g/mol. The Morgan fingerprint density at radius 1 is 0.960 bits per heavy atom. The largest absolute Gasteiger partial charge is 0.507 e. The molecule has 0 fully saturated rings. The van der Waals surface area contributed by atoms with Crippen LogP contribution in [0.15, 0.2) is 12.1 Å². The third-order valence-corrected chi connectivity index (χ3v) is 4.32. The summed E-state index contributed by atoms with van der Waals surface area (Å²) in [5.41, 5.74) is 1.78. The number of hydrogen-bond donors (Lipinski definition) is 3. The van der Waals surface area contributed by atoms with Gasteiger partial charge < -0.3 is 15.3 Å². The van der Waals surface area contributed by atoms with E-state index < -0.39 is 17.9 Å². The molecule has 3 N–H and O–H groups in total. The van der Waals surface area contributed by atoms with Crippen LogP contribution in [0.3, 0.4) is 0 Å². The fourth-order valence-corrected chi connectivity index (χ4v) is 2.85. The highest BCUT2D eigenvalue weighted by Crippen LogP contribution is 2.40. The second-order valence-electron chi connectivity index (χ2n) is 8.71. The number of phenols is 1. The zero-order chi connectivity index (χ0) is 19.6. The Morgan fingerprint density at radius 2 is 1.40 bits per heavy atom. The third-order valence-electron chi connectivity index (χ3n) is 4.32. The quantitative estimate of drug-likeness (QED) is 0.718. The Balaban J connectivity index is 3.34. The number of phenolic OH excluding ortho intramolecular Hbond substituents is 1. The number of carboxylic acids is 2. The molecule has 0 saturated heterocycles. The van der Waals surface area contributed by atoms with Gasteiger partial charge in [0.05, 0.1) is 5.92 Å². The van der Waals surface area contributed by atoms with E-state index in [4.69, 9.17) is 5.11 Å². The van der Waals surface area contributed by atoms with E-state index in [0.29, 0.717) is 0 Å². The van der Waals surface area contributed by atoms with Crippen molar-refractivity contribution in [2.75, 3.05) is 0 Å². The van der Waals surface area contributed by atoms with Crippen LogP contribution in [0.5, 0.6) is 5.75 Å². The van der Waals surface area contributed by atoms with Gasteiger partial charge in [0.2, 0.25) is 0 Å². The van der Waals surface area contributed by atoms with Gasteiger partial charge in [-0.15, -0.1) is 0 Å². The predicted octanol–water partition coefficient (Wildman–Crippen LogP) is 4.10. The van der Waals surface area contributed by atoms with Gasteiger partial charge in [-0.2, -0.15) is 0 Å². The number of carboxylic acid groups (broad SMARTS) is 2. The van der Waals surface area contributed by atoms with E-state index in [9.17, 15) is 19.8 Å². The lowest BCUT2D eigenvalue weighted by molar-refractivity contribution is -0.142. The van der Waals surface area contributed by atoms with Crippen LogP contribution in [0.4, 0.5) is 0 Å². The molecule has 0 aliphatic heterocycles. The van der Waals surface area contributed by atoms with Crippen LogP contribution in [0.25, 0.3) is 0 Å². The van der Waals surface area contributed by atoms with Crippen LogP contribution in [0.1, 0.15) is 71.1 Å². The SMILES string of the molecule is CC(C)(C)c1cc(CC(CCC(=O)O)C(=O)O)cc(C(C)(C)C)c1O. The lowest BCUT2D eigenvalue weighted by Gasteiger charge is -2.28. The Morgan fingerprint density at radius 3 is 1.72 bits per heavy atom. The smallest absolute Gasteiger partial charge is 0.306 e. The Hall–Kier alpha value is -2.04. The maximum absolute atomic E-state index is 11.5. The molecule has 0 heterocycles. The summed E-state index contributed by atoms with van der Waals surface area (Å²) in [7, 11) is 0. The molecule has 0 amide bonds. The summed E-state index contributed by atoms with van der Waals surface area (Å²) in [6, 6.07) is 3.70. The van der Waals surface area contributed by atoms with Crippen LogP contribution in [0, 0.1) is 5.92 Å². The second kappa shape index (κ2) is 7.46. The lowest BCUT2D eigenvalue weighted by Crippen LogP contribution is -2.21. The van der Waals surface area contributed by atoms with Gasteiger partial charge in [0, 0.05) is 6.42 Å². The molecule has 25 heavy (non-hydrogen) atoms. The first kappa shape index (κ1) is 21.0. The summed E-state index contributed by atoms with van der Waals surface area (Å²) in [5.74, 6) is -2.51. The molecule has 5 nitrogen and oxygen atoms in total. The maximum atomic E-state index is 11.5. The second-order valence-corrected chi connectivity index (χ2v) is 8.71. The molecule has 1 rings (SSSR count). The normalized spacial score (nSPS) is 13.5. The van der Waals surface area contributed by atoms with Crippen molar-refractivity contribution in [3.8, 4) is 5.75 Å². The summed E-state index contributed by atoms with van der Waals surface area (Å²) in [4.78, 5) is 22.3. The first-order valence-electron chi connectivity index (χ1n) is 8.55. The van der Waals surface area contributed by atoms with Gasteiger partial charge in [-0.05, 0) is 40.4 Å². The van der Waals surface area contributed by atoms with E-state index in [0.717, 1.165) is 16.7 Å². The first-order valence-corrected chi connectivity index (χ1v) is 8.55. The number of carbonyl (C=O) groups is 2. The minimum Gasteiger partial charge on any atom is -0.507 e. The molecular weight excluding hydrogens is 320 g/mol. The third kappa shape index (κ3) is 5.76. The fourth-order valence-electron chi connectivity index (χ4n) is 2.85. The number of hydrogen-bond acceptors (Lipinski definition) is 3. The van der Waals surface area contributed by atoms with Crippen molar-refractivity contribution < 1.29 is 24.9 Å². The van der Waals surface area contributed by atoms with Crippen LogP contribution < -0.4 is 0 Å². The van der Waals surface area contributed by atoms with E-state index in [1.165, 1.54) is 0 Å². The van der Waals surface area contributed by atoms with Crippen LogP contribution >= 0.6 is 0 Å². The summed E-state index contributed by atoms with van der Waals surface area (Å²) in [5, 5.41) is 29.0. The molecule has 1 unspecified atom stereocenters.